The standard InChI is InChI=1S/C20H18N4O/c1-13-3-4-17(23-10-13)9-19(25)18-8-16(15-7-14(2)22-11-15)12-24-6-5-21-20(18)24/h3-8,10,12H,9,11H2,1-2H3. The van der Waals surface area contributed by atoms with Gasteiger partial charge in [-0.15, -0.1) is 0 Å². The predicted molar refractivity (Wildman–Crippen MR) is 98.2 cm³/mol. The van der Waals surface area contributed by atoms with Crippen LogP contribution in [0.3, 0.4) is 0 Å². The Kier molecular flexibility index (Phi) is 3.76. The lowest BCUT2D eigenvalue weighted by atomic mass is 10.0. The fourth-order valence-electron chi connectivity index (χ4n) is 3.00. The van der Waals surface area contributed by atoms with Crippen LogP contribution in [0.1, 0.15) is 34.1 Å². The molecule has 0 fully saturated rings. The molecule has 0 aliphatic carbocycles. The second kappa shape index (κ2) is 6.09. The highest BCUT2D eigenvalue weighted by Crippen LogP contribution is 2.23. The van der Waals surface area contributed by atoms with Gasteiger partial charge in [-0.2, -0.15) is 0 Å². The van der Waals surface area contributed by atoms with Crippen molar-refractivity contribution < 1.29 is 4.79 Å². The molecule has 0 saturated heterocycles. The molecule has 1 aliphatic heterocycles. The first kappa shape index (κ1) is 15.4. The molecule has 0 spiro atoms. The Labute approximate surface area is 145 Å². The summed E-state index contributed by atoms with van der Waals surface area (Å²) < 4.78 is 1.90. The van der Waals surface area contributed by atoms with Crippen LogP contribution in [-0.4, -0.2) is 32.4 Å². The average Bonchev–Trinajstić information content (AvgIpc) is 3.24. The van der Waals surface area contributed by atoms with Crippen molar-refractivity contribution in [2.45, 2.75) is 20.3 Å². The van der Waals surface area contributed by atoms with E-state index < -0.39 is 0 Å². The fourth-order valence-corrected chi connectivity index (χ4v) is 3.00. The Morgan fingerprint density at radius 1 is 1.24 bits per heavy atom. The largest absolute Gasteiger partial charge is 0.306 e. The molecular formula is C20H18N4O. The number of nitrogens with zero attached hydrogens (tertiary/aromatic N) is 4. The van der Waals surface area contributed by atoms with E-state index in [2.05, 4.69) is 21.0 Å². The first-order chi connectivity index (χ1) is 12.1. The first-order valence-corrected chi connectivity index (χ1v) is 8.23. The summed E-state index contributed by atoms with van der Waals surface area (Å²) >= 11 is 0. The number of carbonyl (C=O) groups is 1. The van der Waals surface area contributed by atoms with Gasteiger partial charge >= 0.3 is 0 Å². The minimum absolute atomic E-state index is 0.0191. The third-order valence-corrected chi connectivity index (χ3v) is 4.35. The SMILES string of the molecule is CC1=NCC(c2cc(C(=O)Cc3ccc(C)cn3)c3nccn3c2)=C1. The normalized spacial score (nSPS) is 13.8. The quantitative estimate of drug-likeness (QED) is 0.690. The number of carbonyl (C=O) groups excluding carboxylic acids is 1. The van der Waals surface area contributed by atoms with Crippen molar-refractivity contribution in [1.29, 1.82) is 0 Å². The van der Waals surface area contributed by atoms with Crippen molar-refractivity contribution >= 4 is 22.7 Å². The molecule has 25 heavy (non-hydrogen) atoms. The number of fused-ring (bicyclic) bond motifs is 1. The van der Waals surface area contributed by atoms with E-state index in [1.807, 2.05) is 48.8 Å². The summed E-state index contributed by atoms with van der Waals surface area (Å²) in [5, 5.41) is 0. The van der Waals surface area contributed by atoms with Crippen LogP contribution >= 0.6 is 0 Å². The van der Waals surface area contributed by atoms with E-state index in [0.717, 1.165) is 28.1 Å². The molecule has 0 unspecified atom stereocenters. The molecule has 5 nitrogen and oxygen atoms in total. The van der Waals surface area contributed by atoms with Gasteiger partial charge in [-0.1, -0.05) is 6.07 Å². The van der Waals surface area contributed by atoms with Gasteiger partial charge in [0.15, 0.2) is 5.78 Å². The maximum atomic E-state index is 12.9. The van der Waals surface area contributed by atoms with Crippen LogP contribution in [0.15, 0.2) is 54.1 Å². The van der Waals surface area contributed by atoms with E-state index in [4.69, 9.17) is 0 Å². The number of Topliss-reactive ketones (excluding diaryl/α,β-unsaturated/α-hetero) is 1. The zero-order valence-electron chi connectivity index (χ0n) is 14.2. The Bertz CT molecular complexity index is 1030. The Morgan fingerprint density at radius 3 is 2.84 bits per heavy atom. The van der Waals surface area contributed by atoms with E-state index in [0.29, 0.717) is 17.8 Å². The number of hydrogen-bond donors (Lipinski definition) is 0. The summed E-state index contributed by atoms with van der Waals surface area (Å²) in [7, 11) is 0. The monoisotopic (exact) mass is 330 g/mol. The number of hydrogen-bond acceptors (Lipinski definition) is 4. The molecule has 0 atom stereocenters. The second-order valence-electron chi connectivity index (χ2n) is 6.35. The molecule has 0 radical (unpaired) electrons. The predicted octanol–water partition coefficient (Wildman–Crippen LogP) is 3.32. The van der Waals surface area contributed by atoms with Crippen molar-refractivity contribution in [1.82, 2.24) is 14.4 Å². The highest BCUT2D eigenvalue weighted by atomic mass is 16.1. The lowest BCUT2D eigenvalue weighted by Crippen LogP contribution is -2.08. The van der Waals surface area contributed by atoms with Gasteiger partial charge in [-0.25, -0.2) is 4.98 Å². The molecule has 0 N–H and O–H groups in total. The van der Waals surface area contributed by atoms with Crippen LogP contribution in [-0.2, 0) is 6.42 Å². The maximum Gasteiger partial charge on any atom is 0.172 e. The number of ketones is 1. The molecule has 124 valence electrons. The Morgan fingerprint density at radius 2 is 2.12 bits per heavy atom. The molecule has 3 aromatic rings. The third kappa shape index (κ3) is 3.01. The minimum atomic E-state index is 0.0191. The van der Waals surface area contributed by atoms with Crippen molar-refractivity contribution in [3.63, 3.8) is 0 Å². The van der Waals surface area contributed by atoms with Gasteiger partial charge in [0.1, 0.15) is 5.65 Å². The average molecular weight is 330 g/mol. The van der Waals surface area contributed by atoms with Gasteiger partial charge in [0.05, 0.1) is 18.5 Å². The zero-order valence-corrected chi connectivity index (χ0v) is 14.2. The highest BCUT2D eigenvalue weighted by Gasteiger charge is 2.17. The van der Waals surface area contributed by atoms with E-state index in [1.165, 1.54) is 0 Å². The fraction of sp³-hybridized carbons (Fsp3) is 0.200. The molecule has 0 amide bonds. The van der Waals surface area contributed by atoms with Crippen molar-refractivity contribution in [2.75, 3.05) is 6.54 Å². The summed E-state index contributed by atoms with van der Waals surface area (Å²) in [5.74, 6) is 0.0191. The van der Waals surface area contributed by atoms with Gasteiger partial charge in [0.2, 0.25) is 0 Å². The van der Waals surface area contributed by atoms with E-state index >= 15 is 0 Å². The maximum absolute atomic E-state index is 12.9. The number of aromatic nitrogens is 3. The summed E-state index contributed by atoms with van der Waals surface area (Å²) in [6, 6.07) is 5.80. The summed E-state index contributed by atoms with van der Waals surface area (Å²) in [6.07, 6.45) is 9.69. The molecular weight excluding hydrogens is 312 g/mol. The highest BCUT2D eigenvalue weighted by molar-refractivity contribution is 6.05. The molecule has 0 aromatic carbocycles. The lowest BCUT2D eigenvalue weighted by Gasteiger charge is -2.08. The van der Waals surface area contributed by atoms with Crippen LogP contribution in [0, 0.1) is 6.92 Å². The molecule has 3 aromatic heterocycles. The van der Waals surface area contributed by atoms with E-state index in [-0.39, 0.29) is 12.2 Å². The number of rotatable bonds is 4. The van der Waals surface area contributed by atoms with Gasteiger partial charge in [-0.3, -0.25) is 14.8 Å². The Balaban J connectivity index is 1.72. The first-order valence-electron chi connectivity index (χ1n) is 8.23. The smallest absolute Gasteiger partial charge is 0.172 e. The van der Waals surface area contributed by atoms with Crippen LogP contribution in [0.5, 0.6) is 0 Å². The number of allylic oxidation sites excluding steroid dienone is 1. The van der Waals surface area contributed by atoms with Gasteiger partial charge in [0, 0.05) is 36.2 Å². The topological polar surface area (TPSA) is 59.6 Å². The number of aliphatic imine (C=N–C) groups is 1. The molecule has 0 saturated carbocycles. The summed E-state index contributed by atoms with van der Waals surface area (Å²) in [5.41, 5.74) is 6.29. The molecule has 0 bridgehead atoms. The summed E-state index contributed by atoms with van der Waals surface area (Å²) in [4.78, 5) is 26.0. The van der Waals surface area contributed by atoms with Crippen LogP contribution in [0.4, 0.5) is 0 Å². The van der Waals surface area contributed by atoms with Crippen LogP contribution in [0.2, 0.25) is 0 Å². The van der Waals surface area contributed by atoms with Crippen LogP contribution in [0.25, 0.3) is 11.2 Å². The minimum Gasteiger partial charge on any atom is -0.306 e. The van der Waals surface area contributed by atoms with Crippen molar-refractivity contribution in [3.8, 4) is 0 Å². The number of pyridine rings is 2. The lowest BCUT2D eigenvalue weighted by molar-refractivity contribution is 0.0993. The van der Waals surface area contributed by atoms with Crippen molar-refractivity contribution in [3.05, 3.63) is 71.4 Å². The molecule has 5 heteroatoms. The zero-order chi connectivity index (χ0) is 17.4. The second-order valence-corrected chi connectivity index (χ2v) is 6.35. The van der Waals surface area contributed by atoms with Gasteiger partial charge in [0.25, 0.3) is 0 Å². The van der Waals surface area contributed by atoms with Crippen LogP contribution < -0.4 is 0 Å². The molecule has 4 rings (SSSR count). The summed E-state index contributed by atoms with van der Waals surface area (Å²) in [6.45, 7) is 4.62. The van der Waals surface area contributed by atoms with Gasteiger partial charge < -0.3 is 4.40 Å². The van der Waals surface area contributed by atoms with E-state index in [9.17, 15) is 4.79 Å². The number of imidazole rings is 1. The van der Waals surface area contributed by atoms with Crippen molar-refractivity contribution in [2.24, 2.45) is 4.99 Å². The third-order valence-electron chi connectivity index (χ3n) is 4.35. The van der Waals surface area contributed by atoms with E-state index in [1.54, 1.807) is 12.4 Å². The number of aryl methyl sites for hydroxylation is 1. The Hall–Kier alpha value is -3.08. The molecule has 4 heterocycles. The molecule has 1 aliphatic rings. The van der Waals surface area contributed by atoms with Gasteiger partial charge in [-0.05, 0) is 48.8 Å².